The number of anilines is 1. The van der Waals surface area contributed by atoms with E-state index < -0.39 is 10.0 Å². The van der Waals surface area contributed by atoms with Crippen LogP contribution < -0.4 is 10.0 Å². The Balaban J connectivity index is 1.95. The number of nitrogens with zero attached hydrogens (tertiary/aromatic N) is 1. The number of aliphatic imine (C=N–C) groups is 1. The molecule has 0 aromatic heterocycles. The molecule has 1 aliphatic heterocycles. The van der Waals surface area contributed by atoms with Gasteiger partial charge >= 0.3 is 0 Å². The molecule has 5 nitrogen and oxygen atoms in total. The molecule has 1 heterocycles. The van der Waals surface area contributed by atoms with E-state index in [0.29, 0.717) is 5.69 Å². The standard InChI is InChI=1S/C16H17N3O2S/c20-22(21,13-7-2-1-3-8-13)19-15-10-5-4-9-14(15)16-17-11-6-12-18-16/h1-5,7-10,19H,6,11-12H2,(H,17,18). The van der Waals surface area contributed by atoms with Crippen LogP contribution in [0.5, 0.6) is 0 Å². The molecule has 6 heteroatoms. The van der Waals surface area contributed by atoms with Crippen LogP contribution in [0.25, 0.3) is 0 Å². The molecule has 0 spiro atoms. The zero-order chi connectivity index (χ0) is 15.4. The Morgan fingerprint density at radius 1 is 1.00 bits per heavy atom. The minimum atomic E-state index is -3.61. The van der Waals surface area contributed by atoms with Gasteiger partial charge in [-0.25, -0.2) is 8.42 Å². The number of nitrogens with one attached hydrogen (secondary N) is 2. The molecule has 114 valence electrons. The predicted octanol–water partition coefficient (Wildman–Crippen LogP) is 2.23. The average molecular weight is 315 g/mol. The normalized spacial score (nSPS) is 14.8. The fourth-order valence-electron chi connectivity index (χ4n) is 2.29. The van der Waals surface area contributed by atoms with E-state index in [-0.39, 0.29) is 4.90 Å². The largest absolute Gasteiger partial charge is 0.370 e. The molecule has 22 heavy (non-hydrogen) atoms. The number of amidine groups is 1. The number of hydrogen-bond acceptors (Lipinski definition) is 4. The highest BCUT2D eigenvalue weighted by atomic mass is 32.2. The third-order valence-corrected chi connectivity index (χ3v) is 4.76. The van der Waals surface area contributed by atoms with Gasteiger partial charge in [-0.05, 0) is 30.7 Å². The van der Waals surface area contributed by atoms with Crippen molar-refractivity contribution in [3.63, 3.8) is 0 Å². The molecule has 0 aliphatic carbocycles. The maximum absolute atomic E-state index is 12.5. The molecule has 0 saturated carbocycles. The monoisotopic (exact) mass is 315 g/mol. The third-order valence-electron chi connectivity index (χ3n) is 3.38. The van der Waals surface area contributed by atoms with Crippen LogP contribution in [0.4, 0.5) is 5.69 Å². The second-order valence-corrected chi connectivity index (χ2v) is 6.66. The summed E-state index contributed by atoms with van der Waals surface area (Å²) in [6.07, 6.45) is 0.988. The topological polar surface area (TPSA) is 70.6 Å². The summed E-state index contributed by atoms with van der Waals surface area (Å²) in [5.74, 6) is 0.734. The first-order valence-electron chi connectivity index (χ1n) is 7.12. The Morgan fingerprint density at radius 2 is 1.73 bits per heavy atom. The van der Waals surface area contributed by atoms with Gasteiger partial charge < -0.3 is 5.32 Å². The van der Waals surface area contributed by atoms with E-state index in [1.807, 2.05) is 12.1 Å². The quantitative estimate of drug-likeness (QED) is 0.909. The van der Waals surface area contributed by atoms with Gasteiger partial charge in [0.15, 0.2) is 0 Å². The lowest BCUT2D eigenvalue weighted by Gasteiger charge is -2.18. The Hall–Kier alpha value is -2.34. The average Bonchev–Trinajstić information content (AvgIpc) is 2.57. The summed E-state index contributed by atoms with van der Waals surface area (Å²) in [7, 11) is -3.61. The Bertz CT molecular complexity index is 786. The van der Waals surface area contributed by atoms with Crippen LogP contribution in [0, 0.1) is 0 Å². The third kappa shape index (κ3) is 3.12. The van der Waals surface area contributed by atoms with E-state index in [2.05, 4.69) is 15.0 Å². The summed E-state index contributed by atoms with van der Waals surface area (Å²) in [5, 5.41) is 3.22. The van der Waals surface area contributed by atoms with Crippen LogP contribution in [-0.4, -0.2) is 27.3 Å². The second kappa shape index (κ2) is 6.19. The SMILES string of the molecule is O=S(=O)(Nc1ccccc1C1=NCCCN1)c1ccccc1. The molecule has 0 atom stereocenters. The maximum atomic E-state index is 12.5. The number of hydrogen-bond donors (Lipinski definition) is 2. The van der Waals surface area contributed by atoms with Gasteiger partial charge in [0, 0.05) is 18.7 Å². The van der Waals surface area contributed by atoms with Crippen LogP contribution in [0.15, 0.2) is 64.5 Å². The van der Waals surface area contributed by atoms with Gasteiger partial charge in [-0.15, -0.1) is 0 Å². The van der Waals surface area contributed by atoms with Crippen LogP contribution >= 0.6 is 0 Å². The minimum Gasteiger partial charge on any atom is -0.370 e. The van der Waals surface area contributed by atoms with Crippen molar-refractivity contribution in [3.05, 3.63) is 60.2 Å². The van der Waals surface area contributed by atoms with Crippen LogP contribution in [0.2, 0.25) is 0 Å². The van der Waals surface area contributed by atoms with Crippen molar-refractivity contribution >= 4 is 21.5 Å². The summed E-state index contributed by atoms with van der Waals surface area (Å²) in [5.41, 5.74) is 1.29. The molecule has 3 rings (SSSR count). The Kier molecular flexibility index (Phi) is 4.11. The van der Waals surface area contributed by atoms with Gasteiger partial charge in [0.25, 0.3) is 10.0 Å². The molecular formula is C16H17N3O2S. The summed E-state index contributed by atoms with van der Waals surface area (Å²) in [4.78, 5) is 4.67. The zero-order valence-corrected chi connectivity index (χ0v) is 12.8. The summed E-state index contributed by atoms with van der Waals surface area (Å²) >= 11 is 0. The number of para-hydroxylation sites is 1. The van der Waals surface area contributed by atoms with Gasteiger partial charge in [-0.3, -0.25) is 9.71 Å². The smallest absolute Gasteiger partial charge is 0.261 e. The van der Waals surface area contributed by atoms with Crippen molar-refractivity contribution < 1.29 is 8.42 Å². The minimum absolute atomic E-state index is 0.239. The van der Waals surface area contributed by atoms with Crippen molar-refractivity contribution in [2.45, 2.75) is 11.3 Å². The summed E-state index contributed by atoms with van der Waals surface area (Å²) in [6, 6.07) is 15.6. The van der Waals surface area contributed by atoms with E-state index in [1.54, 1.807) is 42.5 Å². The molecule has 2 aromatic rings. The van der Waals surface area contributed by atoms with E-state index >= 15 is 0 Å². The molecule has 0 radical (unpaired) electrons. The van der Waals surface area contributed by atoms with E-state index in [0.717, 1.165) is 30.9 Å². The van der Waals surface area contributed by atoms with Crippen molar-refractivity contribution in [3.8, 4) is 0 Å². The first-order valence-corrected chi connectivity index (χ1v) is 8.61. The highest BCUT2D eigenvalue weighted by Crippen LogP contribution is 2.21. The molecule has 0 bridgehead atoms. The highest BCUT2D eigenvalue weighted by molar-refractivity contribution is 7.92. The molecule has 0 amide bonds. The molecule has 2 N–H and O–H groups in total. The fourth-order valence-corrected chi connectivity index (χ4v) is 3.40. The lowest BCUT2D eigenvalue weighted by atomic mass is 10.1. The van der Waals surface area contributed by atoms with E-state index in [1.165, 1.54) is 0 Å². The second-order valence-electron chi connectivity index (χ2n) is 4.97. The first-order chi connectivity index (χ1) is 10.7. The van der Waals surface area contributed by atoms with E-state index in [4.69, 9.17) is 0 Å². The molecule has 0 fully saturated rings. The molecule has 1 aliphatic rings. The van der Waals surface area contributed by atoms with Crippen LogP contribution in [0.3, 0.4) is 0 Å². The number of sulfonamides is 1. The lowest BCUT2D eigenvalue weighted by molar-refractivity contribution is 0.601. The maximum Gasteiger partial charge on any atom is 0.261 e. The van der Waals surface area contributed by atoms with Crippen molar-refractivity contribution in [1.82, 2.24) is 5.32 Å². The van der Waals surface area contributed by atoms with Gasteiger partial charge in [-0.2, -0.15) is 0 Å². The van der Waals surface area contributed by atoms with E-state index in [9.17, 15) is 8.42 Å². The lowest BCUT2D eigenvalue weighted by Crippen LogP contribution is -2.31. The Labute approximate surface area is 130 Å². The van der Waals surface area contributed by atoms with Gasteiger partial charge in [-0.1, -0.05) is 30.3 Å². The molecule has 2 aromatic carbocycles. The first kappa shape index (κ1) is 14.6. The summed E-state index contributed by atoms with van der Waals surface area (Å²) in [6.45, 7) is 1.60. The molecule has 0 saturated heterocycles. The number of benzene rings is 2. The molecular weight excluding hydrogens is 298 g/mol. The zero-order valence-electron chi connectivity index (χ0n) is 12.0. The Morgan fingerprint density at radius 3 is 2.45 bits per heavy atom. The van der Waals surface area contributed by atoms with Gasteiger partial charge in [0.05, 0.1) is 10.6 Å². The van der Waals surface area contributed by atoms with Crippen LogP contribution in [-0.2, 0) is 10.0 Å². The highest BCUT2D eigenvalue weighted by Gasteiger charge is 2.18. The summed E-state index contributed by atoms with van der Waals surface area (Å²) < 4.78 is 27.6. The fraction of sp³-hybridized carbons (Fsp3) is 0.188. The van der Waals surface area contributed by atoms with Gasteiger partial charge in [0.1, 0.15) is 5.84 Å². The van der Waals surface area contributed by atoms with Gasteiger partial charge in [0.2, 0.25) is 0 Å². The number of rotatable bonds is 4. The van der Waals surface area contributed by atoms with Crippen molar-refractivity contribution in [2.75, 3.05) is 17.8 Å². The van der Waals surface area contributed by atoms with Crippen LogP contribution in [0.1, 0.15) is 12.0 Å². The van der Waals surface area contributed by atoms with Crippen molar-refractivity contribution in [2.24, 2.45) is 4.99 Å². The predicted molar refractivity (Wildman–Crippen MR) is 87.7 cm³/mol. The molecule has 0 unspecified atom stereocenters. The van der Waals surface area contributed by atoms with Crippen molar-refractivity contribution in [1.29, 1.82) is 0 Å².